The lowest BCUT2D eigenvalue weighted by Crippen LogP contribution is -2.50. The molecule has 0 aliphatic carbocycles. The van der Waals surface area contributed by atoms with E-state index in [9.17, 15) is 19.5 Å². The largest absolute Gasteiger partial charge is 0.477 e. The minimum atomic E-state index is -0.894. The molecule has 0 aromatic carbocycles. The zero-order valence-electron chi connectivity index (χ0n) is 39.8. The first-order valence-electron chi connectivity index (χ1n) is 23.9. The number of esters is 2. The number of unbranched alkanes of at least 4 members (excludes halogenated alkanes) is 9. The molecule has 0 aliphatic heterocycles. The van der Waals surface area contributed by atoms with Crippen LogP contribution in [0.15, 0.2) is 109 Å². The molecule has 62 heavy (non-hydrogen) atoms. The molecule has 8 heteroatoms. The fraction of sp³-hybridized carbons (Fsp3) is 0.611. The number of likely N-dealkylation sites (N-methyl/N-ethyl adjacent to an activating group) is 1. The minimum absolute atomic E-state index is 0.0188. The molecule has 0 heterocycles. The number of hydrogen-bond donors (Lipinski definition) is 1. The number of quaternary nitrogens is 1. The molecule has 0 aliphatic rings. The Morgan fingerprint density at radius 1 is 0.484 bits per heavy atom. The van der Waals surface area contributed by atoms with Gasteiger partial charge < -0.3 is 23.8 Å². The van der Waals surface area contributed by atoms with Crippen LogP contribution in [0.5, 0.6) is 0 Å². The van der Waals surface area contributed by atoms with Crippen molar-refractivity contribution >= 4 is 17.9 Å². The molecule has 0 bridgehead atoms. The van der Waals surface area contributed by atoms with Crippen molar-refractivity contribution in [3.8, 4) is 0 Å². The van der Waals surface area contributed by atoms with Crippen LogP contribution < -0.4 is 0 Å². The number of carboxylic acids is 1. The van der Waals surface area contributed by atoms with Crippen molar-refractivity contribution in [1.82, 2.24) is 0 Å². The van der Waals surface area contributed by atoms with Crippen LogP contribution in [-0.4, -0.2) is 80.6 Å². The van der Waals surface area contributed by atoms with Gasteiger partial charge in [-0.1, -0.05) is 149 Å². The predicted octanol–water partition coefficient (Wildman–Crippen LogP) is 13.6. The lowest BCUT2D eigenvalue weighted by Gasteiger charge is -2.31. The van der Waals surface area contributed by atoms with Crippen LogP contribution in [0.4, 0.5) is 0 Å². The molecule has 0 saturated carbocycles. The van der Waals surface area contributed by atoms with Crippen LogP contribution in [0.2, 0.25) is 0 Å². The van der Waals surface area contributed by atoms with Gasteiger partial charge in [0.05, 0.1) is 34.4 Å². The Balaban J connectivity index is 4.51. The Morgan fingerprint density at radius 3 is 1.24 bits per heavy atom. The predicted molar refractivity (Wildman–Crippen MR) is 261 cm³/mol. The number of hydrogen-bond acceptors (Lipinski definition) is 6. The Hall–Kier alpha value is -4.01. The third-order valence-corrected chi connectivity index (χ3v) is 9.90. The lowest BCUT2D eigenvalue weighted by molar-refractivity contribution is -0.887. The molecular formula is C54H88NO7+. The quantitative estimate of drug-likeness (QED) is 0.0283. The molecule has 0 radical (unpaired) electrons. The van der Waals surface area contributed by atoms with Gasteiger partial charge in [0.1, 0.15) is 6.61 Å². The lowest BCUT2D eigenvalue weighted by atomic mass is 10.1. The maximum absolute atomic E-state index is 12.8. The Bertz CT molecular complexity index is 1370. The first kappa shape index (κ1) is 58.0. The zero-order valence-corrected chi connectivity index (χ0v) is 39.8. The van der Waals surface area contributed by atoms with Gasteiger partial charge in [-0.05, 0) is 103 Å². The van der Waals surface area contributed by atoms with Crippen molar-refractivity contribution < 1.29 is 38.2 Å². The summed E-state index contributed by atoms with van der Waals surface area (Å²) in [6.07, 6.45) is 60.0. The number of carboxylic acid groups (broad SMARTS) is 1. The van der Waals surface area contributed by atoms with Crippen LogP contribution in [0, 0.1) is 0 Å². The summed E-state index contributed by atoms with van der Waals surface area (Å²) in [7, 11) is 5.48. The van der Waals surface area contributed by atoms with E-state index < -0.39 is 18.1 Å². The third kappa shape index (κ3) is 41.3. The van der Waals surface area contributed by atoms with Crippen molar-refractivity contribution in [2.75, 3.05) is 41.0 Å². The fourth-order valence-corrected chi connectivity index (χ4v) is 6.16. The molecular weight excluding hydrogens is 775 g/mol. The van der Waals surface area contributed by atoms with Gasteiger partial charge in [-0.2, -0.15) is 0 Å². The summed E-state index contributed by atoms with van der Waals surface area (Å²) in [5, 5.41) is 9.64. The van der Waals surface area contributed by atoms with Gasteiger partial charge in [0, 0.05) is 19.3 Å². The second kappa shape index (κ2) is 43.6. The second-order valence-electron chi connectivity index (χ2n) is 16.7. The van der Waals surface area contributed by atoms with Gasteiger partial charge in [0.2, 0.25) is 0 Å². The molecule has 0 spiro atoms. The van der Waals surface area contributed by atoms with Crippen LogP contribution in [0.25, 0.3) is 0 Å². The molecule has 8 nitrogen and oxygen atoms in total. The number of nitrogens with zero attached hydrogens (tertiary/aromatic N) is 1. The van der Waals surface area contributed by atoms with Crippen LogP contribution in [0.3, 0.4) is 0 Å². The molecule has 2 atom stereocenters. The maximum Gasteiger partial charge on any atom is 0.362 e. The van der Waals surface area contributed by atoms with E-state index in [1.54, 1.807) is 0 Å². The molecule has 0 aromatic heterocycles. The summed E-state index contributed by atoms with van der Waals surface area (Å²) in [6.45, 7) is 4.55. The fourth-order valence-electron chi connectivity index (χ4n) is 6.16. The average Bonchev–Trinajstić information content (AvgIpc) is 3.23. The van der Waals surface area contributed by atoms with Crippen molar-refractivity contribution in [3.05, 3.63) is 109 Å². The monoisotopic (exact) mass is 863 g/mol. The van der Waals surface area contributed by atoms with Gasteiger partial charge in [0.15, 0.2) is 12.1 Å². The van der Waals surface area contributed by atoms with Crippen molar-refractivity contribution in [2.45, 2.75) is 174 Å². The smallest absolute Gasteiger partial charge is 0.362 e. The van der Waals surface area contributed by atoms with Gasteiger partial charge in [-0.3, -0.25) is 9.59 Å². The summed E-state index contributed by atoms with van der Waals surface area (Å²) in [4.78, 5) is 37.0. The highest BCUT2D eigenvalue weighted by Crippen LogP contribution is 2.11. The second-order valence-corrected chi connectivity index (χ2v) is 16.7. The number of carbonyl (C=O) groups is 3. The van der Waals surface area contributed by atoms with Crippen LogP contribution in [0.1, 0.15) is 162 Å². The molecule has 1 N–H and O–H groups in total. The topological polar surface area (TPSA) is 99.1 Å². The van der Waals surface area contributed by atoms with Crippen LogP contribution in [-0.2, 0) is 28.6 Å². The van der Waals surface area contributed by atoms with E-state index in [2.05, 4.69) is 123 Å². The summed E-state index contributed by atoms with van der Waals surface area (Å²) >= 11 is 0. The van der Waals surface area contributed by atoms with E-state index in [4.69, 9.17) is 14.2 Å². The average molecular weight is 863 g/mol. The molecule has 0 rings (SSSR count). The number of allylic oxidation sites excluding steroid dienone is 18. The van der Waals surface area contributed by atoms with E-state index in [1.165, 1.54) is 51.4 Å². The van der Waals surface area contributed by atoms with Crippen molar-refractivity contribution in [3.63, 3.8) is 0 Å². The minimum Gasteiger partial charge on any atom is -0.477 e. The summed E-state index contributed by atoms with van der Waals surface area (Å²) < 4.78 is 17.2. The molecule has 0 aromatic rings. The zero-order chi connectivity index (χ0) is 45.6. The number of rotatable bonds is 41. The highest BCUT2D eigenvalue weighted by molar-refractivity contribution is 5.72. The normalized spacial score (nSPS) is 13.9. The molecule has 0 saturated heterocycles. The molecule has 2 unspecified atom stereocenters. The van der Waals surface area contributed by atoms with E-state index in [0.29, 0.717) is 19.3 Å². The third-order valence-electron chi connectivity index (χ3n) is 9.90. The highest BCUT2D eigenvalue weighted by Gasteiger charge is 2.31. The van der Waals surface area contributed by atoms with Gasteiger partial charge in [-0.15, -0.1) is 0 Å². The van der Waals surface area contributed by atoms with E-state index in [-0.39, 0.29) is 49.1 Å². The highest BCUT2D eigenvalue weighted by atomic mass is 16.6. The Labute approximate surface area is 378 Å². The number of aliphatic carboxylic acids is 1. The van der Waals surface area contributed by atoms with E-state index in [0.717, 1.165) is 64.2 Å². The van der Waals surface area contributed by atoms with Crippen LogP contribution >= 0.6 is 0 Å². The molecule has 0 fully saturated rings. The Morgan fingerprint density at radius 2 is 0.855 bits per heavy atom. The summed E-state index contributed by atoms with van der Waals surface area (Å²) in [5.41, 5.74) is 0. The summed E-state index contributed by atoms with van der Waals surface area (Å²) in [5.74, 6) is -1.61. The van der Waals surface area contributed by atoms with Gasteiger partial charge >= 0.3 is 17.9 Å². The molecule has 0 amide bonds. The first-order chi connectivity index (χ1) is 30.1. The van der Waals surface area contributed by atoms with Gasteiger partial charge in [-0.25, -0.2) is 4.79 Å². The van der Waals surface area contributed by atoms with E-state index in [1.807, 2.05) is 21.1 Å². The number of ether oxygens (including phenoxy) is 3. The van der Waals surface area contributed by atoms with Crippen molar-refractivity contribution in [1.29, 1.82) is 0 Å². The SMILES string of the molecule is CCCCC/C=C/C/C=C/C/C=C/C/C=C/C/C=C/CCCCC(=O)OC(COCCC(C(=O)O)[N+](C)(C)C)COC(=O)CCC/C=C/C/C=C/C/C=C/C/C=C/CCCCC. The van der Waals surface area contributed by atoms with Gasteiger partial charge in [0.25, 0.3) is 0 Å². The number of carbonyl (C=O) groups excluding carboxylic acids is 2. The van der Waals surface area contributed by atoms with Crippen molar-refractivity contribution in [2.24, 2.45) is 0 Å². The molecule has 350 valence electrons. The van der Waals surface area contributed by atoms with E-state index >= 15 is 0 Å². The summed E-state index contributed by atoms with van der Waals surface area (Å²) in [6, 6.07) is -0.638. The first-order valence-corrected chi connectivity index (χ1v) is 23.9. The maximum atomic E-state index is 12.8. The Kier molecular flexibility index (Phi) is 40.8. The standard InChI is InChI=1S/C54H87NO7/c1-6-8-10-12-14-16-18-20-22-24-25-26-27-29-31-33-35-37-39-41-43-45-53(57)62-50(48-60-47-46-51(54(58)59)55(3,4)5)49-61-52(56)44-42-40-38-36-34-32-30-28-23-21-19-17-15-13-11-9-7-2/h14-17,20-23,25-26,29-32,35-38,50-51H,6-13,18-19,24,27-28,33-34,39-49H2,1-5H3/p+1/b16-14+,17-15+,22-20+,23-21+,26-25+,31-29+,32-30+,37-35+,38-36+.